The number of nitrogens with zero attached hydrogens (tertiary/aromatic N) is 6. The zero-order valence-electron chi connectivity index (χ0n) is 79.3. The molecule has 44 heteroatoms. The Kier molecular flexibility index (Phi) is 40.3. The lowest BCUT2D eigenvalue weighted by atomic mass is 9.80. The molecule has 4 aromatic carbocycles. The fourth-order valence-corrected chi connectivity index (χ4v) is 15.8. The number of aryl methyl sites for hydroxylation is 2. The second-order valence-electron chi connectivity index (χ2n) is 37.0. The van der Waals surface area contributed by atoms with Crippen molar-refractivity contribution in [1.29, 1.82) is 0 Å². The minimum Gasteiger partial charge on any atom is -0.480 e. The fourth-order valence-electron chi connectivity index (χ4n) is 15.5. The maximum absolute atomic E-state index is 14.1. The summed E-state index contributed by atoms with van der Waals surface area (Å²) in [7, 11) is 0. The molecule has 2 unspecified atom stereocenters. The van der Waals surface area contributed by atoms with Crippen LogP contribution in [0.5, 0.6) is 0 Å². The molecule has 6 heterocycles. The van der Waals surface area contributed by atoms with Crippen LogP contribution in [0.1, 0.15) is 200 Å². The van der Waals surface area contributed by atoms with Gasteiger partial charge >= 0.3 is 48.0 Å². The van der Waals surface area contributed by atoms with E-state index in [2.05, 4.69) is 31.0 Å². The van der Waals surface area contributed by atoms with Gasteiger partial charge in [-0.05, 0) is 187 Å². The van der Waals surface area contributed by atoms with E-state index in [0.29, 0.717) is 68.5 Å². The van der Waals surface area contributed by atoms with Crippen molar-refractivity contribution >= 4 is 187 Å². The molecular formula is C96H116Cl6N10O28. The van der Waals surface area contributed by atoms with Gasteiger partial charge in [-0.25, -0.2) is 19.2 Å². The number of hydrogen-bond acceptors (Lipinski definition) is 29. The van der Waals surface area contributed by atoms with E-state index in [0.717, 1.165) is 65.2 Å². The van der Waals surface area contributed by atoms with E-state index in [1.807, 2.05) is 74.5 Å². The van der Waals surface area contributed by atoms with Gasteiger partial charge in [0.25, 0.3) is 17.3 Å². The van der Waals surface area contributed by atoms with Gasteiger partial charge in [-0.1, -0.05) is 167 Å². The van der Waals surface area contributed by atoms with E-state index < -0.39 is 159 Å². The number of rotatable bonds is 27. The molecule has 8 atom stereocenters. The standard InChI is InChI=1S/C40H51Cl3N4O10.C23H28N2O6.C17H25Cl3N2O5.C16H12N2O7/c1-24(45-37(52)57-38(3,4)5)30-14-13-27-12-11-26(18-31(27)46-30)15-16-39(20-53-23-54-21-39)36(51)56-32(28-8-6-9-28)33(48)44-25(2)34(49)47-17-7-10-29(19-47)35(50)55-22-40(41,42)43;1-15(24-21(28)31-22(2,3)4)18-8-7-17-6-5-16(11-19(17)25-18)9-10-23(20(26)27)12-29-14-30-13-23;1-10(21-14(24)13(23)11-4-2-5-11)15(25)22-7-3-6-12(8-22)16(26)27-9-17(18,19)20;1-9-5-3-7-11(17(21)22)13(9)15(19)25-16(20)14-10(2)6-4-8-12(14)18(23)24/h11-16,18,24-25,28-29,32H,6-10,17,19-23H2,1-5H3,(H,44,48)(H,45,52);5-11,15H,12-14H2,1-4H3,(H,24,28)(H,26,27);10-13,23H,2-9H2,1H3,(H,21,24);3-8H,1-2H3/b16-15+;10-9+;;/t24-,25+,29-,32?;15-;10-,12+,13?;/m110./s1. The predicted molar refractivity (Wildman–Crippen MR) is 515 cm³/mol. The van der Waals surface area contributed by atoms with E-state index >= 15 is 0 Å². The number of nitro benzene ring substituents is 2. The number of aliphatic hydroxyl groups is 1. The molecule has 0 spiro atoms. The number of carbonyl (C=O) groups is 12. The smallest absolute Gasteiger partial charge is 0.408 e. The van der Waals surface area contributed by atoms with E-state index in [1.165, 1.54) is 47.9 Å². The van der Waals surface area contributed by atoms with Gasteiger partial charge in [0, 0.05) is 55.0 Å². The number of aliphatic hydroxyl groups excluding tert-OH is 1. The minimum atomic E-state index is -1.75. The van der Waals surface area contributed by atoms with Crippen molar-refractivity contribution < 1.29 is 125 Å². The van der Waals surface area contributed by atoms with Crippen LogP contribution in [0, 0.1) is 68.6 Å². The molecule has 6 fully saturated rings. The molecule has 0 bridgehead atoms. The van der Waals surface area contributed by atoms with Crippen LogP contribution in [-0.4, -0.2) is 234 Å². The topological polar surface area (TPSA) is 504 Å². The second-order valence-corrected chi connectivity index (χ2v) is 42.0. The van der Waals surface area contributed by atoms with Crippen molar-refractivity contribution in [2.24, 2.45) is 34.5 Å². The number of nitro groups is 2. The summed E-state index contributed by atoms with van der Waals surface area (Å²) in [6, 6.07) is 24.2. The first-order valence-electron chi connectivity index (χ1n) is 45.2. The number of hydrogen-bond donors (Lipinski definition) is 6. The summed E-state index contributed by atoms with van der Waals surface area (Å²) in [5.41, 5.74) is -0.838. The lowest BCUT2D eigenvalue weighted by Gasteiger charge is -2.37. The molecule has 6 N–H and O–H groups in total. The number of alkyl halides is 6. The Morgan fingerprint density at radius 3 is 1.29 bits per heavy atom. The van der Waals surface area contributed by atoms with Gasteiger partial charge in [-0.15, -0.1) is 0 Å². The van der Waals surface area contributed by atoms with Gasteiger partial charge in [-0.2, -0.15) is 0 Å². The molecule has 760 valence electrons. The van der Waals surface area contributed by atoms with Crippen LogP contribution in [0.25, 0.3) is 34.0 Å². The van der Waals surface area contributed by atoms with Crippen molar-refractivity contribution in [3.63, 3.8) is 0 Å². The van der Waals surface area contributed by atoms with E-state index in [1.54, 1.807) is 79.7 Å². The molecule has 12 rings (SSSR count). The van der Waals surface area contributed by atoms with Crippen LogP contribution in [0.3, 0.4) is 0 Å². The molecule has 2 aromatic heterocycles. The van der Waals surface area contributed by atoms with Gasteiger partial charge in [0.05, 0.1) is 82.6 Å². The van der Waals surface area contributed by atoms with Crippen LogP contribution in [0.4, 0.5) is 21.0 Å². The highest BCUT2D eigenvalue weighted by molar-refractivity contribution is 6.68. The number of fused-ring (bicyclic) bond motifs is 2. The molecule has 38 nitrogen and oxygen atoms in total. The normalized spacial score (nSPS) is 18.5. The molecule has 140 heavy (non-hydrogen) atoms. The number of nitrogens with one attached hydrogen (secondary N) is 4. The van der Waals surface area contributed by atoms with Crippen molar-refractivity contribution in [2.75, 3.05) is 79.4 Å². The lowest BCUT2D eigenvalue weighted by Crippen LogP contribution is -2.55. The summed E-state index contributed by atoms with van der Waals surface area (Å²) in [4.78, 5) is 184. The number of aromatic nitrogens is 2. The first-order chi connectivity index (χ1) is 65.7. The highest BCUT2D eigenvalue weighted by atomic mass is 35.6. The van der Waals surface area contributed by atoms with Crippen molar-refractivity contribution in [1.82, 2.24) is 41.0 Å². The number of alkyl carbamates (subject to hydrolysis) is 2. The Morgan fingerprint density at radius 2 is 0.914 bits per heavy atom. The van der Waals surface area contributed by atoms with Gasteiger partial charge in [-0.3, -0.25) is 68.6 Å². The summed E-state index contributed by atoms with van der Waals surface area (Å²) < 4.78 is 49.7. The number of ether oxygens (including phenoxy) is 10. The third-order valence-corrected chi connectivity index (χ3v) is 24.0. The Labute approximate surface area is 838 Å². The van der Waals surface area contributed by atoms with Crippen LogP contribution in [0.15, 0.2) is 109 Å². The maximum atomic E-state index is 14.1. The molecule has 4 saturated heterocycles. The first-order valence-corrected chi connectivity index (χ1v) is 47.5. The molecule has 6 amide bonds. The van der Waals surface area contributed by atoms with Crippen molar-refractivity contribution in [2.45, 2.75) is 202 Å². The molecular weight excluding hydrogens is 1950 g/mol. The van der Waals surface area contributed by atoms with Crippen LogP contribution >= 0.6 is 69.6 Å². The highest BCUT2D eigenvalue weighted by Gasteiger charge is 2.47. The summed E-state index contributed by atoms with van der Waals surface area (Å²) in [6.07, 6.45) is 10.6. The monoisotopic (exact) mass is 2070 g/mol. The van der Waals surface area contributed by atoms with Gasteiger partial charge in [0.15, 0.2) is 6.10 Å². The summed E-state index contributed by atoms with van der Waals surface area (Å²) >= 11 is 33.9. The molecule has 6 aliphatic rings. The van der Waals surface area contributed by atoms with E-state index in [-0.39, 0.29) is 112 Å². The Balaban J connectivity index is 0.000000224. The van der Waals surface area contributed by atoms with Crippen LogP contribution in [-0.2, 0) is 85.7 Å². The Hall–Kier alpha value is -11.0. The second kappa shape index (κ2) is 50.1. The largest absolute Gasteiger partial charge is 0.480 e. The Morgan fingerprint density at radius 1 is 0.529 bits per heavy atom. The molecule has 6 aromatic rings. The average molecular weight is 2070 g/mol. The van der Waals surface area contributed by atoms with Crippen molar-refractivity contribution in [3.05, 3.63) is 174 Å². The number of halogens is 6. The number of amides is 6. The number of aliphatic carboxylic acids is 1. The number of esters is 5. The highest BCUT2D eigenvalue weighted by Crippen LogP contribution is 2.38. The van der Waals surface area contributed by atoms with E-state index in [4.69, 9.17) is 117 Å². The number of pyridine rings is 2. The number of carboxylic acids is 1. The third-order valence-electron chi connectivity index (χ3n) is 23.4. The van der Waals surface area contributed by atoms with E-state index in [9.17, 15) is 88.0 Å². The minimum absolute atomic E-state index is 0.00475. The number of likely N-dealkylation sites (tertiary alicyclic amines) is 2. The molecule has 4 aliphatic heterocycles. The summed E-state index contributed by atoms with van der Waals surface area (Å²) in [5.74, 6) is -8.45. The number of carbonyl (C=O) groups excluding carboxylic acids is 11. The van der Waals surface area contributed by atoms with Crippen molar-refractivity contribution in [3.8, 4) is 0 Å². The van der Waals surface area contributed by atoms with Crippen LogP contribution in [0.2, 0.25) is 0 Å². The lowest BCUT2D eigenvalue weighted by molar-refractivity contribution is -0.385. The fraction of sp³-hybridized carbons (Fsp3) is 0.521. The van der Waals surface area contributed by atoms with Gasteiger partial charge < -0.3 is 88.6 Å². The zero-order valence-corrected chi connectivity index (χ0v) is 83.9. The first kappa shape index (κ1) is 113. The van der Waals surface area contributed by atoms with Crippen LogP contribution < -0.4 is 21.3 Å². The number of benzene rings is 4. The number of carboxylic acid groups (broad SMARTS) is 1. The number of piperidine rings is 2. The molecule has 2 aliphatic carbocycles. The predicted octanol–water partition coefficient (Wildman–Crippen LogP) is 15.0. The van der Waals surface area contributed by atoms with Gasteiger partial charge in [0.2, 0.25) is 25.3 Å². The zero-order chi connectivity index (χ0) is 103. The maximum Gasteiger partial charge on any atom is 0.408 e. The third kappa shape index (κ3) is 33.0. The molecule has 0 radical (unpaired) electrons. The molecule has 2 saturated carbocycles. The summed E-state index contributed by atoms with van der Waals surface area (Å²) in [6.45, 7) is 21.0. The Bertz CT molecular complexity index is 5490. The average Bonchev–Trinajstić information content (AvgIpc) is 0.792. The SMILES string of the molecule is C[C@@H](NC(=O)OC(C)(C)C)c1ccc2ccc(/C=C/C3(C(=O)O)COCOC3)cc2n1.C[C@H](NC(=O)C(O)C1CCC1)C(=O)N1CCC[C@@H](C(=O)OCC(Cl)(Cl)Cl)C1.C[C@H](NC(=O)C(OC(=O)C1(/C=C/c2ccc3ccc([C@@H](C)NC(=O)OC(C)(C)C)nc3c2)COCOC1)C1CCC1)C(=O)N1CCC[C@@H](C(=O)OCC(Cl)(Cl)Cl)C1.Cc1cccc([N+](=O)[O-])c1C(=O)OC(=O)c1c(C)cccc1[N+](=O)[O-]. The quantitative estimate of drug-likeness (QED) is 0.00696. The summed E-state index contributed by atoms with van der Waals surface area (Å²) in [5, 5.41) is 54.4. The van der Waals surface area contributed by atoms with Gasteiger partial charge in [0.1, 0.15) is 78.1 Å².